The first-order valence-electron chi connectivity index (χ1n) is 5.42. The predicted octanol–water partition coefficient (Wildman–Crippen LogP) is 2.16. The van der Waals surface area contributed by atoms with Crippen LogP contribution in [0.15, 0.2) is 18.2 Å². The van der Waals surface area contributed by atoms with Gasteiger partial charge < -0.3 is 15.2 Å². The number of nitrogens with one attached hydrogen (secondary N) is 1. The molecule has 0 spiro atoms. The van der Waals surface area contributed by atoms with Crippen molar-refractivity contribution < 1.29 is 19.4 Å². The molecule has 0 aliphatic heterocycles. The van der Waals surface area contributed by atoms with E-state index in [1.165, 1.54) is 7.11 Å². The number of amides is 1. The largest absolute Gasteiger partial charge is 0.481 e. The van der Waals surface area contributed by atoms with Crippen LogP contribution in [0.3, 0.4) is 0 Å². The van der Waals surface area contributed by atoms with E-state index in [0.29, 0.717) is 10.6 Å². The van der Waals surface area contributed by atoms with E-state index in [2.05, 4.69) is 5.32 Å². The van der Waals surface area contributed by atoms with Gasteiger partial charge in [-0.05, 0) is 40.8 Å². The van der Waals surface area contributed by atoms with Crippen molar-refractivity contribution in [1.29, 1.82) is 0 Å². The fourth-order valence-electron chi connectivity index (χ4n) is 1.41. The molecular weight excluding hydrogens is 384 g/mol. The van der Waals surface area contributed by atoms with Crippen LogP contribution in [0, 0.1) is 3.57 Å². The van der Waals surface area contributed by atoms with Crippen LogP contribution in [0.4, 0.5) is 0 Å². The number of aliphatic carboxylic acids is 1. The summed E-state index contributed by atoms with van der Waals surface area (Å²) in [7, 11) is 1.41. The standard InChI is InChI=1S/C12H13ClINO4/c1-19-8(5-11(16)17)6-15-12(18)9-4-7(13)2-3-10(9)14/h2-4,8H,5-6H2,1H3,(H,15,18)(H,16,17). The van der Waals surface area contributed by atoms with Gasteiger partial charge in [0, 0.05) is 22.2 Å². The Kier molecular flexibility index (Phi) is 6.53. The fraction of sp³-hybridized carbons (Fsp3) is 0.333. The van der Waals surface area contributed by atoms with Crippen LogP contribution in [-0.2, 0) is 9.53 Å². The van der Waals surface area contributed by atoms with Crippen molar-refractivity contribution in [2.24, 2.45) is 0 Å². The maximum atomic E-state index is 11.9. The molecule has 19 heavy (non-hydrogen) atoms. The van der Waals surface area contributed by atoms with E-state index in [1.54, 1.807) is 18.2 Å². The quantitative estimate of drug-likeness (QED) is 0.722. The normalized spacial score (nSPS) is 11.9. The lowest BCUT2D eigenvalue weighted by Gasteiger charge is -2.14. The minimum absolute atomic E-state index is 0.129. The predicted molar refractivity (Wildman–Crippen MR) is 79.6 cm³/mol. The third-order valence-electron chi connectivity index (χ3n) is 2.40. The second-order valence-electron chi connectivity index (χ2n) is 3.79. The minimum atomic E-state index is -0.974. The summed E-state index contributed by atoms with van der Waals surface area (Å²) in [5.41, 5.74) is 0.457. The van der Waals surface area contributed by atoms with Gasteiger partial charge in [0.1, 0.15) is 0 Å². The molecule has 0 fully saturated rings. The van der Waals surface area contributed by atoms with Crippen LogP contribution in [-0.4, -0.2) is 36.7 Å². The highest BCUT2D eigenvalue weighted by Crippen LogP contribution is 2.17. The molecule has 1 rings (SSSR count). The van der Waals surface area contributed by atoms with Crippen LogP contribution in [0.1, 0.15) is 16.8 Å². The topological polar surface area (TPSA) is 75.6 Å². The van der Waals surface area contributed by atoms with E-state index in [4.69, 9.17) is 21.4 Å². The summed E-state index contributed by atoms with van der Waals surface area (Å²) >= 11 is 7.87. The zero-order valence-electron chi connectivity index (χ0n) is 10.2. The lowest BCUT2D eigenvalue weighted by molar-refractivity contribution is -0.139. The number of halogens is 2. The van der Waals surface area contributed by atoms with Gasteiger partial charge in [-0.25, -0.2) is 0 Å². The molecule has 0 radical (unpaired) electrons. The van der Waals surface area contributed by atoms with E-state index in [0.717, 1.165) is 3.57 Å². The van der Waals surface area contributed by atoms with Crippen LogP contribution < -0.4 is 5.32 Å². The zero-order valence-corrected chi connectivity index (χ0v) is 13.1. The number of carbonyl (C=O) groups excluding carboxylic acids is 1. The molecule has 1 atom stereocenters. The maximum absolute atomic E-state index is 11.9. The molecule has 0 bridgehead atoms. The Balaban J connectivity index is 2.64. The Morgan fingerprint density at radius 3 is 2.79 bits per heavy atom. The molecule has 104 valence electrons. The highest BCUT2D eigenvalue weighted by Gasteiger charge is 2.15. The molecule has 0 heterocycles. The Labute approximate surface area is 129 Å². The highest BCUT2D eigenvalue weighted by atomic mass is 127. The third-order valence-corrected chi connectivity index (χ3v) is 3.57. The van der Waals surface area contributed by atoms with E-state index in [-0.39, 0.29) is 18.9 Å². The number of carboxylic acids is 1. The van der Waals surface area contributed by atoms with Gasteiger partial charge in [-0.15, -0.1) is 0 Å². The number of methoxy groups -OCH3 is 1. The number of ether oxygens (including phenoxy) is 1. The number of hydrogen-bond acceptors (Lipinski definition) is 3. The number of carbonyl (C=O) groups is 2. The Bertz CT molecular complexity index is 481. The average molecular weight is 398 g/mol. The maximum Gasteiger partial charge on any atom is 0.306 e. The molecule has 0 saturated carbocycles. The smallest absolute Gasteiger partial charge is 0.306 e. The molecule has 0 saturated heterocycles. The number of carboxylic acid groups (broad SMARTS) is 1. The molecule has 5 nitrogen and oxygen atoms in total. The first-order valence-corrected chi connectivity index (χ1v) is 6.87. The first-order chi connectivity index (χ1) is 8.93. The molecule has 2 N–H and O–H groups in total. The molecule has 1 aromatic carbocycles. The van der Waals surface area contributed by atoms with Crippen LogP contribution in [0.5, 0.6) is 0 Å². The van der Waals surface area contributed by atoms with Crippen molar-refractivity contribution in [2.75, 3.05) is 13.7 Å². The Hall–Kier alpha value is -0.860. The lowest BCUT2D eigenvalue weighted by atomic mass is 10.2. The molecule has 7 heteroatoms. The second kappa shape index (κ2) is 7.66. The van der Waals surface area contributed by atoms with E-state index in [9.17, 15) is 9.59 Å². The van der Waals surface area contributed by atoms with E-state index in [1.807, 2.05) is 22.6 Å². The summed E-state index contributed by atoms with van der Waals surface area (Å²) in [6.07, 6.45) is -0.720. The van der Waals surface area contributed by atoms with Crippen LogP contribution in [0.25, 0.3) is 0 Å². The van der Waals surface area contributed by atoms with Crippen LogP contribution in [0.2, 0.25) is 5.02 Å². The molecule has 0 aromatic heterocycles. The summed E-state index contributed by atoms with van der Waals surface area (Å²) in [5, 5.41) is 11.8. The molecular formula is C12H13ClINO4. The highest BCUT2D eigenvalue weighted by molar-refractivity contribution is 14.1. The van der Waals surface area contributed by atoms with Gasteiger partial charge in [0.25, 0.3) is 5.91 Å². The average Bonchev–Trinajstić information content (AvgIpc) is 2.36. The van der Waals surface area contributed by atoms with Crippen molar-refractivity contribution in [1.82, 2.24) is 5.32 Å². The van der Waals surface area contributed by atoms with E-state index < -0.39 is 12.1 Å². The van der Waals surface area contributed by atoms with Crippen molar-refractivity contribution in [3.05, 3.63) is 32.4 Å². The number of benzene rings is 1. The SMILES string of the molecule is COC(CNC(=O)c1cc(Cl)ccc1I)CC(=O)O. The van der Waals surface area contributed by atoms with Crippen molar-refractivity contribution in [3.8, 4) is 0 Å². The zero-order chi connectivity index (χ0) is 14.4. The molecule has 0 aliphatic carbocycles. The van der Waals surface area contributed by atoms with Crippen molar-refractivity contribution >= 4 is 46.1 Å². The summed E-state index contributed by atoms with van der Waals surface area (Å²) in [4.78, 5) is 22.5. The molecule has 1 unspecified atom stereocenters. The van der Waals surface area contributed by atoms with Crippen LogP contribution >= 0.6 is 34.2 Å². The molecule has 0 aliphatic rings. The summed E-state index contributed by atoms with van der Waals surface area (Å²) in [5.74, 6) is -1.28. The molecule has 1 amide bonds. The monoisotopic (exact) mass is 397 g/mol. The van der Waals surface area contributed by atoms with Gasteiger partial charge >= 0.3 is 5.97 Å². The minimum Gasteiger partial charge on any atom is -0.481 e. The van der Waals surface area contributed by atoms with E-state index >= 15 is 0 Å². The fourth-order valence-corrected chi connectivity index (χ4v) is 2.16. The Morgan fingerprint density at radius 2 is 2.21 bits per heavy atom. The lowest BCUT2D eigenvalue weighted by Crippen LogP contribution is -2.34. The van der Waals surface area contributed by atoms with Gasteiger partial charge in [-0.3, -0.25) is 9.59 Å². The number of rotatable bonds is 6. The van der Waals surface area contributed by atoms with Gasteiger partial charge in [0.15, 0.2) is 0 Å². The van der Waals surface area contributed by atoms with Crippen molar-refractivity contribution in [2.45, 2.75) is 12.5 Å². The van der Waals surface area contributed by atoms with Gasteiger partial charge in [-0.2, -0.15) is 0 Å². The Morgan fingerprint density at radius 1 is 1.53 bits per heavy atom. The second-order valence-corrected chi connectivity index (χ2v) is 5.39. The third kappa shape index (κ3) is 5.33. The van der Waals surface area contributed by atoms with Gasteiger partial charge in [0.05, 0.1) is 18.1 Å². The summed E-state index contributed by atoms with van der Waals surface area (Å²) < 4.78 is 5.75. The molecule has 1 aromatic rings. The first kappa shape index (κ1) is 16.2. The number of hydrogen-bond donors (Lipinski definition) is 2. The van der Waals surface area contributed by atoms with Gasteiger partial charge in [0.2, 0.25) is 0 Å². The summed E-state index contributed by atoms with van der Waals surface area (Å²) in [6.45, 7) is 0.129. The summed E-state index contributed by atoms with van der Waals surface area (Å²) in [6, 6.07) is 5.00. The van der Waals surface area contributed by atoms with Gasteiger partial charge in [-0.1, -0.05) is 11.6 Å². The van der Waals surface area contributed by atoms with Crippen molar-refractivity contribution in [3.63, 3.8) is 0 Å².